The Morgan fingerprint density at radius 2 is 1.96 bits per heavy atom. The van der Waals surface area contributed by atoms with Crippen molar-refractivity contribution in [2.24, 2.45) is 5.92 Å². The van der Waals surface area contributed by atoms with Crippen LogP contribution in [0.5, 0.6) is 0 Å². The average Bonchev–Trinajstić information content (AvgIpc) is 2.88. The highest BCUT2D eigenvalue weighted by Crippen LogP contribution is 2.43. The number of aliphatic hydroxyl groups is 1. The highest BCUT2D eigenvalue weighted by atomic mass is 16.3. The fourth-order valence-electron chi connectivity index (χ4n) is 4.54. The lowest BCUT2D eigenvalue weighted by atomic mass is 9.74. The first-order chi connectivity index (χ1) is 11.2. The zero-order valence-electron chi connectivity index (χ0n) is 13.4. The van der Waals surface area contributed by atoms with Crippen LogP contribution in [0.25, 0.3) is 10.8 Å². The summed E-state index contributed by atoms with van der Waals surface area (Å²) in [6.07, 6.45) is 1.83. The van der Waals surface area contributed by atoms with Crippen LogP contribution in [0.4, 0.5) is 0 Å². The molecule has 0 aromatic heterocycles. The summed E-state index contributed by atoms with van der Waals surface area (Å²) in [4.78, 5) is 12.6. The van der Waals surface area contributed by atoms with Gasteiger partial charge in [-0.25, -0.2) is 0 Å². The van der Waals surface area contributed by atoms with Gasteiger partial charge in [0.15, 0.2) is 0 Å². The first kappa shape index (κ1) is 14.9. The van der Waals surface area contributed by atoms with Crippen molar-refractivity contribution in [2.75, 3.05) is 0 Å². The number of benzene rings is 2. The number of rotatable bonds is 3. The van der Waals surface area contributed by atoms with Crippen LogP contribution in [0.3, 0.4) is 0 Å². The molecule has 2 aliphatic rings. The molecule has 2 aromatic carbocycles. The lowest BCUT2D eigenvalue weighted by molar-refractivity contribution is -0.125. The molecule has 2 heterocycles. The van der Waals surface area contributed by atoms with Gasteiger partial charge in [0.1, 0.15) is 5.78 Å². The zero-order chi connectivity index (χ0) is 16.0. The largest absolute Gasteiger partial charge is 0.391 e. The summed E-state index contributed by atoms with van der Waals surface area (Å²) >= 11 is 0. The molecular formula is C20H23NO2. The minimum absolute atomic E-state index is 0.0855. The summed E-state index contributed by atoms with van der Waals surface area (Å²) in [5.41, 5.74) is 1.24. The van der Waals surface area contributed by atoms with Crippen LogP contribution in [-0.4, -0.2) is 29.1 Å². The van der Waals surface area contributed by atoms with E-state index in [0.29, 0.717) is 12.5 Å². The molecule has 2 bridgehead atoms. The third kappa shape index (κ3) is 2.48. The van der Waals surface area contributed by atoms with Gasteiger partial charge in [-0.3, -0.25) is 4.79 Å². The molecule has 0 aliphatic carbocycles. The molecule has 2 saturated heterocycles. The number of carbonyl (C=O) groups excluding carboxylic acids is 1. The number of nitrogens with one attached hydrogen (secondary N) is 1. The number of hydrogen-bond donors (Lipinski definition) is 2. The maximum absolute atomic E-state index is 12.6. The minimum Gasteiger partial charge on any atom is -0.391 e. The van der Waals surface area contributed by atoms with Gasteiger partial charge >= 0.3 is 0 Å². The van der Waals surface area contributed by atoms with Gasteiger partial charge in [0.2, 0.25) is 0 Å². The van der Waals surface area contributed by atoms with Crippen molar-refractivity contribution in [3.63, 3.8) is 0 Å². The molecule has 0 radical (unpaired) electrons. The Morgan fingerprint density at radius 1 is 1.17 bits per heavy atom. The molecule has 0 spiro atoms. The summed E-state index contributed by atoms with van der Waals surface area (Å²) in [6, 6.07) is 15.1. The average molecular weight is 309 g/mol. The topological polar surface area (TPSA) is 49.3 Å². The summed E-state index contributed by atoms with van der Waals surface area (Å²) < 4.78 is 0. The van der Waals surface area contributed by atoms with Crippen LogP contribution >= 0.6 is 0 Å². The van der Waals surface area contributed by atoms with E-state index in [2.05, 4.69) is 41.7 Å². The molecule has 2 aliphatic heterocycles. The van der Waals surface area contributed by atoms with E-state index in [4.69, 9.17) is 0 Å². The molecule has 23 heavy (non-hydrogen) atoms. The van der Waals surface area contributed by atoms with E-state index in [-0.39, 0.29) is 23.7 Å². The molecule has 5 atom stereocenters. The Morgan fingerprint density at radius 3 is 2.74 bits per heavy atom. The van der Waals surface area contributed by atoms with Crippen LogP contribution in [0, 0.1) is 5.92 Å². The molecule has 0 saturated carbocycles. The van der Waals surface area contributed by atoms with Gasteiger partial charge in [-0.2, -0.15) is 0 Å². The van der Waals surface area contributed by atoms with Gasteiger partial charge in [0.05, 0.1) is 6.10 Å². The van der Waals surface area contributed by atoms with Crippen LogP contribution in [0.15, 0.2) is 42.5 Å². The molecule has 2 aromatic rings. The number of piperidine rings is 1. The molecule has 0 amide bonds. The minimum atomic E-state index is -0.397. The van der Waals surface area contributed by atoms with Crippen molar-refractivity contribution in [3.8, 4) is 0 Å². The van der Waals surface area contributed by atoms with E-state index in [1.54, 1.807) is 0 Å². The van der Waals surface area contributed by atoms with Crippen molar-refractivity contribution in [1.29, 1.82) is 0 Å². The number of fused-ring (bicyclic) bond motifs is 3. The van der Waals surface area contributed by atoms with Gasteiger partial charge in [-0.1, -0.05) is 49.4 Å². The predicted octanol–water partition coefficient (Wildman–Crippen LogP) is 3.01. The quantitative estimate of drug-likeness (QED) is 0.916. The van der Waals surface area contributed by atoms with Gasteiger partial charge in [-0.15, -0.1) is 0 Å². The number of aliphatic hydroxyl groups excluding tert-OH is 1. The van der Waals surface area contributed by atoms with Crippen LogP contribution in [0.2, 0.25) is 0 Å². The maximum Gasteiger partial charge on any atom is 0.137 e. The van der Waals surface area contributed by atoms with Crippen LogP contribution in [0.1, 0.15) is 37.7 Å². The lowest BCUT2D eigenvalue weighted by Crippen LogP contribution is -2.50. The Balaban J connectivity index is 1.76. The smallest absolute Gasteiger partial charge is 0.137 e. The van der Waals surface area contributed by atoms with Gasteiger partial charge in [0, 0.05) is 24.4 Å². The third-order valence-corrected chi connectivity index (χ3v) is 5.65. The van der Waals surface area contributed by atoms with E-state index < -0.39 is 6.10 Å². The summed E-state index contributed by atoms with van der Waals surface area (Å²) in [5.74, 6) is 0.357. The van der Waals surface area contributed by atoms with E-state index in [0.717, 1.165) is 12.8 Å². The highest BCUT2D eigenvalue weighted by Gasteiger charge is 2.49. The predicted molar refractivity (Wildman–Crippen MR) is 91.4 cm³/mol. The second kappa shape index (κ2) is 5.73. The second-order valence-corrected chi connectivity index (χ2v) is 6.99. The summed E-state index contributed by atoms with van der Waals surface area (Å²) in [6.45, 7) is 1.92. The molecule has 120 valence electrons. The molecule has 2 N–H and O–H groups in total. The first-order valence-corrected chi connectivity index (χ1v) is 8.63. The van der Waals surface area contributed by atoms with E-state index in [1.165, 1.54) is 16.3 Å². The fraction of sp³-hybridized carbons (Fsp3) is 0.450. The SMILES string of the molecule is CCC(=O)[C@@H]1C2NC(CC2O)C[C@@H]1c1ccc2ccccc2c1. The molecular weight excluding hydrogens is 286 g/mol. The van der Waals surface area contributed by atoms with Crippen molar-refractivity contribution in [3.05, 3.63) is 48.0 Å². The van der Waals surface area contributed by atoms with Crippen molar-refractivity contribution >= 4 is 16.6 Å². The van der Waals surface area contributed by atoms with E-state index in [9.17, 15) is 9.90 Å². The van der Waals surface area contributed by atoms with Crippen molar-refractivity contribution in [1.82, 2.24) is 5.32 Å². The van der Waals surface area contributed by atoms with Gasteiger partial charge in [-0.05, 0) is 35.1 Å². The van der Waals surface area contributed by atoms with Crippen molar-refractivity contribution < 1.29 is 9.90 Å². The Bertz CT molecular complexity index is 741. The van der Waals surface area contributed by atoms with E-state index in [1.807, 2.05) is 13.0 Å². The lowest BCUT2D eigenvalue weighted by Gasteiger charge is -2.37. The third-order valence-electron chi connectivity index (χ3n) is 5.65. The molecule has 2 fully saturated rings. The number of carbonyl (C=O) groups is 1. The summed E-state index contributed by atoms with van der Waals surface area (Å²) in [5, 5.41) is 16.3. The molecule has 4 rings (SSSR count). The Labute approximate surface area is 136 Å². The normalized spacial score (nSPS) is 33.0. The fourth-order valence-corrected chi connectivity index (χ4v) is 4.54. The highest BCUT2D eigenvalue weighted by molar-refractivity contribution is 5.85. The Hall–Kier alpha value is -1.71. The number of ketones is 1. The van der Waals surface area contributed by atoms with E-state index >= 15 is 0 Å². The molecule has 3 unspecified atom stereocenters. The first-order valence-electron chi connectivity index (χ1n) is 8.63. The number of hydrogen-bond acceptors (Lipinski definition) is 3. The monoisotopic (exact) mass is 309 g/mol. The molecule has 3 nitrogen and oxygen atoms in total. The van der Waals surface area contributed by atoms with Gasteiger partial charge in [0.25, 0.3) is 0 Å². The Kier molecular flexibility index (Phi) is 3.70. The second-order valence-electron chi connectivity index (χ2n) is 6.99. The van der Waals surface area contributed by atoms with Gasteiger partial charge < -0.3 is 10.4 Å². The standard InChI is InChI=1S/C20H23NO2/c1-2-17(22)19-16(10-15-11-18(23)20(19)21-15)14-8-7-12-5-3-4-6-13(12)9-14/h3-9,15-16,18-21,23H,2,10-11H2,1H3/t15?,16-,18?,19-,20?/m1/s1. The zero-order valence-corrected chi connectivity index (χ0v) is 13.4. The summed E-state index contributed by atoms with van der Waals surface area (Å²) in [7, 11) is 0. The van der Waals surface area contributed by atoms with Crippen LogP contribution < -0.4 is 5.32 Å². The van der Waals surface area contributed by atoms with Crippen LogP contribution in [-0.2, 0) is 4.79 Å². The molecule has 3 heteroatoms. The maximum atomic E-state index is 12.6. The number of Topliss-reactive ketones (excluding diaryl/α,β-unsaturated/α-hetero) is 1. The van der Waals surface area contributed by atoms with Crippen molar-refractivity contribution in [2.45, 2.75) is 50.3 Å².